The summed E-state index contributed by atoms with van der Waals surface area (Å²) in [5.74, 6) is 0.242. The van der Waals surface area contributed by atoms with Crippen LogP contribution in [0.5, 0.6) is 5.75 Å². The second kappa shape index (κ2) is 4.62. The van der Waals surface area contributed by atoms with Gasteiger partial charge in [0.2, 0.25) is 5.60 Å². The highest BCUT2D eigenvalue weighted by Gasteiger charge is 2.57. The van der Waals surface area contributed by atoms with E-state index in [1.54, 1.807) is 0 Å². The SMILES string of the molecule is COc1cccc([C@@](O)(c2ccc[nH]2)C(F)(F)F)c1. The highest BCUT2D eigenvalue weighted by atomic mass is 19.4. The Morgan fingerprint density at radius 1 is 1.16 bits per heavy atom. The summed E-state index contributed by atoms with van der Waals surface area (Å²) in [6.07, 6.45) is -3.53. The third-order valence-electron chi connectivity index (χ3n) is 2.89. The summed E-state index contributed by atoms with van der Waals surface area (Å²) in [4.78, 5) is 2.41. The van der Waals surface area contributed by atoms with Crippen LogP contribution in [0.4, 0.5) is 13.2 Å². The monoisotopic (exact) mass is 271 g/mol. The Bertz CT molecular complexity index is 551. The second-order valence-electron chi connectivity index (χ2n) is 4.02. The summed E-state index contributed by atoms with van der Waals surface area (Å²) < 4.78 is 44.7. The molecule has 2 N–H and O–H groups in total. The van der Waals surface area contributed by atoms with Crippen LogP contribution in [-0.4, -0.2) is 23.4 Å². The number of rotatable bonds is 3. The number of aliphatic hydroxyl groups is 1. The molecule has 3 nitrogen and oxygen atoms in total. The first-order valence-electron chi connectivity index (χ1n) is 5.47. The van der Waals surface area contributed by atoms with Crippen molar-refractivity contribution >= 4 is 0 Å². The lowest BCUT2D eigenvalue weighted by Crippen LogP contribution is -2.43. The molecular formula is C13H12F3NO2. The number of hydrogen-bond donors (Lipinski definition) is 2. The van der Waals surface area contributed by atoms with Gasteiger partial charge in [-0.1, -0.05) is 12.1 Å². The molecule has 0 aliphatic rings. The van der Waals surface area contributed by atoms with E-state index in [4.69, 9.17) is 4.74 Å². The fourth-order valence-electron chi connectivity index (χ4n) is 1.88. The first-order valence-corrected chi connectivity index (χ1v) is 5.47. The molecule has 0 unspecified atom stereocenters. The minimum atomic E-state index is -4.86. The Labute approximate surface area is 107 Å². The standard InChI is InChI=1S/C13H12F3NO2/c1-19-10-5-2-4-9(8-10)12(18,13(14,15)16)11-6-3-7-17-11/h2-8,17-18H,1H3/t12-/m1/s1. The molecule has 0 aliphatic carbocycles. The maximum Gasteiger partial charge on any atom is 0.427 e. The highest BCUT2D eigenvalue weighted by Crippen LogP contribution is 2.44. The number of nitrogens with one attached hydrogen (secondary N) is 1. The molecule has 0 aliphatic heterocycles. The Kier molecular flexibility index (Phi) is 3.28. The molecule has 1 atom stereocenters. The van der Waals surface area contributed by atoms with Crippen molar-refractivity contribution in [2.75, 3.05) is 7.11 Å². The number of benzene rings is 1. The molecule has 0 fully saturated rings. The molecular weight excluding hydrogens is 259 g/mol. The lowest BCUT2D eigenvalue weighted by molar-refractivity contribution is -0.249. The predicted molar refractivity (Wildman–Crippen MR) is 62.8 cm³/mol. The summed E-state index contributed by atoms with van der Waals surface area (Å²) >= 11 is 0. The van der Waals surface area contributed by atoms with Crippen LogP contribution in [0.2, 0.25) is 0 Å². The van der Waals surface area contributed by atoms with Crippen molar-refractivity contribution in [1.82, 2.24) is 4.98 Å². The number of aromatic amines is 1. The van der Waals surface area contributed by atoms with E-state index in [-0.39, 0.29) is 17.0 Å². The maximum atomic E-state index is 13.3. The average Bonchev–Trinajstić information content (AvgIpc) is 2.90. The number of aromatic nitrogens is 1. The Morgan fingerprint density at radius 3 is 2.42 bits per heavy atom. The van der Waals surface area contributed by atoms with Crippen molar-refractivity contribution in [3.8, 4) is 5.75 Å². The molecule has 6 heteroatoms. The largest absolute Gasteiger partial charge is 0.497 e. The normalized spacial score (nSPS) is 15.0. The topological polar surface area (TPSA) is 45.2 Å². The van der Waals surface area contributed by atoms with E-state index in [0.717, 1.165) is 6.07 Å². The number of H-pyrrole nitrogens is 1. The van der Waals surface area contributed by atoms with E-state index in [1.807, 2.05) is 0 Å². The molecule has 1 heterocycles. The Hall–Kier alpha value is -1.95. The van der Waals surface area contributed by atoms with Gasteiger partial charge in [-0.3, -0.25) is 0 Å². The lowest BCUT2D eigenvalue weighted by atomic mass is 9.89. The number of methoxy groups -OCH3 is 1. The molecule has 0 saturated carbocycles. The van der Waals surface area contributed by atoms with Gasteiger partial charge in [0.05, 0.1) is 12.8 Å². The molecule has 0 saturated heterocycles. The summed E-state index contributed by atoms with van der Waals surface area (Å²) in [6.45, 7) is 0. The molecule has 0 radical (unpaired) electrons. The summed E-state index contributed by atoms with van der Waals surface area (Å²) in [5.41, 5.74) is -3.74. The van der Waals surface area contributed by atoms with Gasteiger partial charge in [0, 0.05) is 11.8 Å². The average molecular weight is 271 g/mol. The lowest BCUT2D eigenvalue weighted by Gasteiger charge is -2.30. The van der Waals surface area contributed by atoms with Crippen molar-refractivity contribution in [3.05, 3.63) is 53.9 Å². The van der Waals surface area contributed by atoms with Crippen LogP contribution in [-0.2, 0) is 5.60 Å². The van der Waals surface area contributed by atoms with Gasteiger partial charge in [0.15, 0.2) is 0 Å². The van der Waals surface area contributed by atoms with Crippen LogP contribution in [0.3, 0.4) is 0 Å². The van der Waals surface area contributed by atoms with Gasteiger partial charge in [0.1, 0.15) is 5.75 Å². The molecule has 0 bridgehead atoms. The molecule has 0 amide bonds. The molecule has 1 aromatic heterocycles. The molecule has 0 spiro atoms. The fraction of sp³-hybridized carbons (Fsp3) is 0.231. The van der Waals surface area contributed by atoms with E-state index < -0.39 is 11.8 Å². The first kappa shape index (κ1) is 13.5. The van der Waals surface area contributed by atoms with Crippen LogP contribution >= 0.6 is 0 Å². The molecule has 19 heavy (non-hydrogen) atoms. The number of hydrogen-bond acceptors (Lipinski definition) is 2. The third-order valence-corrected chi connectivity index (χ3v) is 2.89. The van der Waals surface area contributed by atoms with Gasteiger partial charge < -0.3 is 14.8 Å². The van der Waals surface area contributed by atoms with Crippen molar-refractivity contribution in [2.45, 2.75) is 11.8 Å². The van der Waals surface area contributed by atoms with Crippen LogP contribution in [0.1, 0.15) is 11.3 Å². The van der Waals surface area contributed by atoms with Gasteiger partial charge in [0.25, 0.3) is 0 Å². The van der Waals surface area contributed by atoms with Crippen LogP contribution in [0.15, 0.2) is 42.6 Å². The van der Waals surface area contributed by atoms with Gasteiger partial charge >= 0.3 is 6.18 Å². The van der Waals surface area contributed by atoms with Crippen molar-refractivity contribution < 1.29 is 23.0 Å². The van der Waals surface area contributed by atoms with Gasteiger partial charge in [-0.05, 0) is 24.3 Å². The zero-order chi connectivity index (χ0) is 14.1. The van der Waals surface area contributed by atoms with E-state index in [1.165, 1.54) is 43.6 Å². The zero-order valence-corrected chi connectivity index (χ0v) is 10.0. The van der Waals surface area contributed by atoms with Crippen LogP contribution < -0.4 is 4.74 Å². The van der Waals surface area contributed by atoms with Crippen LogP contribution in [0.25, 0.3) is 0 Å². The smallest absolute Gasteiger partial charge is 0.427 e. The van der Waals surface area contributed by atoms with E-state index in [2.05, 4.69) is 4.98 Å². The third kappa shape index (κ3) is 2.19. The van der Waals surface area contributed by atoms with Crippen molar-refractivity contribution in [1.29, 1.82) is 0 Å². The highest BCUT2D eigenvalue weighted by molar-refractivity contribution is 5.39. The number of ether oxygens (including phenoxy) is 1. The molecule has 2 rings (SSSR count). The summed E-state index contributed by atoms with van der Waals surface area (Å²) in [5, 5.41) is 10.2. The minimum absolute atomic E-state index is 0.242. The summed E-state index contributed by atoms with van der Waals surface area (Å²) in [7, 11) is 1.35. The van der Waals surface area contributed by atoms with Crippen LogP contribution in [0, 0.1) is 0 Å². The minimum Gasteiger partial charge on any atom is -0.497 e. The van der Waals surface area contributed by atoms with Crippen molar-refractivity contribution in [3.63, 3.8) is 0 Å². The zero-order valence-electron chi connectivity index (χ0n) is 10.0. The first-order chi connectivity index (χ1) is 8.89. The van der Waals surface area contributed by atoms with Crippen molar-refractivity contribution in [2.24, 2.45) is 0 Å². The van der Waals surface area contributed by atoms with E-state index in [0.29, 0.717) is 0 Å². The van der Waals surface area contributed by atoms with E-state index in [9.17, 15) is 18.3 Å². The Morgan fingerprint density at radius 2 is 1.89 bits per heavy atom. The fourth-order valence-corrected chi connectivity index (χ4v) is 1.88. The van der Waals surface area contributed by atoms with Gasteiger partial charge in [-0.2, -0.15) is 13.2 Å². The molecule has 2 aromatic rings. The van der Waals surface area contributed by atoms with E-state index >= 15 is 0 Å². The quantitative estimate of drug-likeness (QED) is 0.901. The van der Waals surface area contributed by atoms with Gasteiger partial charge in [-0.15, -0.1) is 0 Å². The molecule has 1 aromatic carbocycles. The maximum absolute atomic E-state index is 13.3. The number of halogens is 3. The predicted octanol–water partition coefficient (Wildman–Crippen LogP) is 2.82. The molecule has 102 valence electrons. The second-order valence-corrected chi connectivity index (χ2v) is 4.02. The Balaban J connectivity index is 2.62. The van der Waals surface area contributed by atoms with Gasteiger partial charge in [-0.25, -0.2) is 0 Å². The number of alkyl halides is 3. The summed E-state index contributed by atoms with van der Waals surface area (Å²) in [6, 6.07) is 7.85.